The molecule has 1 aliphatic heterocycles. The fraction of sp³-hybridized carbons (Fsp3) is 0.500. The third kappa shape index (κ3) is 4.86. The van der Waals surface area contributed by atoms with E-state index < -0.39 is 10.7 Å². The molecular weight excluding hydrogens is 398 g/mol. The van der Waals surface area contributed by atoms with E-state index in [0.29, 0.717) is 17.7 Å². The third-order valence-corrected chi connectivity index (χ3v) is 6.02. The maximum Gasteiger partial charge on any atom is 0.294 e. The van der Waals surface area contributed by atoms with Crippen molar-refractivity contribution in [2.24, 2.45) is 0 Å². The highest BCUT2D eigenvalue weighted by Crippen LogP contribution is 2.51. The second-order valence-electron chi connectivity index (χ2n) is 9.14. The first-order chi connectivity index (χ1) is 14.5. The molecule has 2 aromatic carbocycles. The normalized spacial score (nSPS) is 14.2. The van der Waals surface area contributed by atoms with Crippen molar-refractivity contribution in [2.75, 3.05) is 13.7 Å². The van der Waals surface area contributed by atoms with Crippen molar-refractivity contribution in [3.63, 3.8) is 0 Å². The third-order valence-electron chi connectivity index (χ3n) is 6.02. The van der Waals surface area contributed by atoms with E-state index in [-0.39, 0.29) is 17.8 Å². The molecule has 7 nitrogen and oxygen atoms in total. The van der Waals surface area contributed by atoms with Gasteiger partial charge in [0.2, 0.25) is 0 Å². The average Bonchev–Trinajstić information content (AvgIpc) is 2.69. The number of methoxy groups -OCH3 is 1. The van der Waals surface area contributed by atoms with E-state index in [9.17, 15) is 15.2 Å². The number of aromatic hydroxyl groups is 1. The lowest BCUT2D eigenvalue weighted by atomic mass is 9.78. The van der Waals surface area contributed by atoms with E-state index in [4.69, 9.17) is 9.47 Å². The van der Waals surface area contributed by atoms with Gasteiger partial charge in [0.05, 0.1) is 19.3 Å². The molecule has 3 rings (SSSR count). The van der Waals surface area contributed by atoms with Crippen LogP contribution in [0.3, 0.4) is 0 Å². The van der Waals surface area contributed by atoms with Crippen LogP contribution in [0.2, 0.25) is 0 Å². The summed E-state index contributed by atoms with van der Waals surface area (Å²) in [5.41, 5.74) is 2.86. The van der Waals surface area contributed by atoms with Crippen LogP contribution in [0.1, 0.15) is 64.5 Å². The van der Waals surface area contributed by atoms with E-state index in [2.05, 4.69) is 18.7 Å². The number of benzene rings is 2. The Morgan fingerprint density at radius 2 is 1.90 bits per heavy atom. The van der Waals surface area contributed by atoms with Gasteiger partial charge in [-0.05, 0) is 67.5 Å². The minimum atomic E-state index is -0.755. The van der Waals surface area contributed by atoms with Crippen LogP contribution in [0, 0.1) is 10.1 Å². The van der Waals surface area contributed by atoms with Crippen LogP contribution in [-0.4, -0.2) is 23.9 Å². The molecule has 0 saturated heterocycles. The molecule has 1 aliphatic rings. The van der Waals surface area contributed by atoms with Crippen molar-refractivity contribution in [3.8, 4) is 28.4 Å². The number of hydrogen-bond acceptors (Lipinski definition) is 6. The summed E-state index contributed by atoms with van der Waals surface area (Å²) >= 11 is 0. The number of nitrogens with zero attached hydrogens (tertiary/aromatic N) is 1. The van der Waals surface area contributed by atoms with Gasteiger partial charge in [-0.25, -0.2) is 0 Å². The SMILES string of the molecule is COc1ccc2c(c1)-c1c(O)cc(C(C)(C)CCCCCO[N+](=O)[O-])cc1OC2(C)C. The molecule has 0 unspecified atom stereocenters. The molecule has 31 heavy (non-hydrogen) atoms. The lowest BCUT2D eigenvalue weighted by Crippen LogP contribution is -2.29. The largest absolute Gasteiger partial charge is 0.507 e. The summed E-state index contributed by atoms with van der Waals surface area (Å²) in [5, 5.41) is 20.4. The maximum absolute atomic E-state index is 11.0. The van der Waals surface area contributed by atoms with Crippen LogP contribution in [0.5, 0.6) is 17.2 Å². The Kier molecular flexibility index (Phi) is 6.34. The average molecular weight is 430 g/mol. The Morgan fingerprint density at radius 3 is 2.58 bits per heavy atom. The van der Waals surface area contributed by atoms with Crippen molar-refractivity contribution in [3.05, 3.63) is 51.6 Å². The van der Waals surface area contributed by atoms with Gasteiger partial charge in [-0.3, -0.25) is 0 Å². The van der Waals surface area contributed by atoms with Crippen LogP contribution in [-0.2, 0) is 15.9 Å². The van der Waals surface area contributed by atoms with Gasteiger partial charge in [0.25, 0.3) is 5.09 Å². The van der Waals surface area contributed by atoms with Crippen LogP contribution >= 0.6 is 0 Å². The van der Waals surface area contributed by atoms with E-state index in [1.54, 1.807) is 7.11 Å². The van der Waals surface area contributed by atoms with Gasteiger partial charge < -0.3 is 19.4 Å². The predicted octanol–water partition coefficient (Wildman–Crippen LogP) is 5.74. The highest BCUT2D eigenvalue weighted by Gasteiger charge is 2.35. The number of phenolic OH excluding ortho intramolecular Hbond substituents is 1. The number of fused-ring (bicyclic) bond motifs is 3. The van der Waals surface area contributed by atoms with Gasteiger partial charge in [-0.15, -0.1) is 10.1 Å². The van der Waals surface area contributed by atoms with Crippen LogP contribution in [0.25, 0.3) is 11.1 Å². The molecule has 0 amide bonds. The highest BCUT2D eigenvalue weighted by molar-refractivity contribution is 5.83. The Morgan fingerprint density at radius 1 is 1.16 bits per heavy atom. The minimum absolute atomic E-state index is 0.124. The van der Waals surface area contributed by atoms with Crippen LogP contribution in [0.4, 0.5) is 0 Å². The zero-order valence-corrected chi connectivity index (χ0v) is 18.9. The van der Waals surface area contributed by atoms with Crippen LogP contribution < -0.4 is 9.47 Å². The Labute approximate surface area is 183 Å². The molecule has 0 fully saturated rings. The quantitative estimate of drug-likeness (QED) is 0.310. The molecule has 2 aromatic rings. The van der Waals surface area contributed by atoms with Crippen molar-refractivity contribution in [2.45, 2.75) is 64.4 Å². The number of hydrogen-bond donors (Lipinski definition) is 1. The lowest BCUT2D eigenvalue weighted by molar-refractivity contribution is -0.757. The Bertz CT molecular complexity index is 967. The maximum atomic E-state index is 11.0. The van der Waals surface area contributed by atoms with E-state index >= 15 is 0 Å². The molecule has 0 radical (unpaired) electrons. The Balaban J connectivity index is 1.84. The minimum Gasteiger partial charge on any atom is -0.507 e. The highest BCUT2D eigenvalue weighted by atomic mass is 16.9. The molecule has 1 N–H and O–H groups in total. The zero-order valence-electron chi connectivity index (χ0n) is 18.9. The van der Waals surface area contributed by atoms with E-state index in [1.807, 2.05) is 44.2 Å². The molecule has 0 bridgehead atoms. The molecule has 0 spiro atoms. The first-order valence-electron chi connectivity index (χ1n) is 10.6. The van der Waals surface area contributed by atoms with Gasteiger partial charge in [0.1, 0.15) is 22.8 Å². The van der Waals surface area contributed by atoms with Crippen molar-refractivity contribution in [1.29, 1.82) is 0 Å². The topological polar surface area (TPSA) is 91.1 Å². The fourth-order valence-corrected chi connectivity index (χ4v) is 4.18. The van der Waals surface area contributed by atoms with Crippen molar-refractivity contribution < 1.29 is 24.5 Å². The molecule has 0 saturated carbocycles. The number of rotatable bonds is 9. The fourth-order valence-electron chi connectivity index (χ4n) is 4.18. The van der Waals surface area contributed by atoms with Crippen LogP contribution in [0.15, 0.2) is 30.3 Å². The summed E-state index contributed by atoms with van der Waals surface area (Å²) in [7, 11) is 1.63. The molecule has 0 aliphatic carbocycles. The van der Waals surface area contributed by atoms with E-state index in [1.165, 1.54) is 0 Å². The van der Waals surface area contributed by atoms with Crippen molar-refractivity contribution in [1.82, 2.24) is 0 Å². The molecule has 7 heteroatoms. The Hall–Kier alpha value is -2.96. The van der Waals surface area contributed by atoms with Gasteiger partial charge in [-0.2, -0.15) is 0 Å². The summed E-state index contributed by atoms with van der Waals surface area (Å²) in [5.74, 6) is 1.57. The predicted molar refractivity (Wildman–Crippen MR) is 118 cm³/mol. The second-order valence-corrected chi connectivity index (χ2v) is 9.14. The summed E-state index contributed by atoms with van der Waals surface area (Å²) in [6.07, 6.45) is 3.25. The smallest absolute Gasteiger partial charge is 0.294 e. The van der Waals surface area contributed by atoms with E-state index in [0.717, 1.165) is 41.7 Å². The number of unbranched alkanes of at least 4 members (excludes halogenated alkanes) is 2. The van der Waals surface area contributed by atoms with Gasteiger partial charge in [-0.1, -0.05) is 32.8 Å². The number of phenols is 1. The zero-order chi connectivity index (χ0) is 22.8. The molecule has 0 atom stereocenters. The summed E-state index contributed by atoms with van der Waals surface area (Å²) < 4.78 is 11.7. The molecule has 0 aromatic heterocycles. The monoisotopic (exact) mass is 429 g/mol. The molecule has 168 valence electrons. The van der Waals surface area contributed by atoms with Gasteiger partial charge in [0, 0.05) is 5.56 Å². The number of ether oxygens (including phenoxy) is 2. The molecular formula is C24H31NO6. The second kappa shape index (κ2) is 8.65. The van der Waals surface area contributed by atoms with Gasteiger partial charge >= 0.3 is 0 Å². The van der Waals surface area contributed by atoms with Crippen molar-refractivity contribution >= 4 is 0 Å². The van der Waals surface area contributed by atoms with Gasteiger partial charge in [0.15, 0.2) is 0 Å². The first-order valence-corrected chi connectivity index (χ1v) is 10.6. The summed E-state index contributed by atoms with van der Waals surface area (Å²) in [4.78, 5) is 14.6. The summed E-state index contributed by atoms with van der Waals surface area (Å²) in [6.45, 7) is 8.42. The first kappa shape index (κ1) is 22.7. The standard InChI is InChI=1S/C24H31NO6/c1-23(2,11-7-6-8-12-30-25(27)28)16-13-20(26)22-18-15-17(29-5)9-10-19(18)24(3,4)31-21(22)14-16/h9-10,13-15,26H,6-8,11-12H2,1-5H3. The lowest BCUT2D eigenvalue weighted by Gasteiger charge is -2.36. The summed E-state index contributed by atoms with van der Waals surface area (Å²) in [6, 6.07) is 9.67. The molecule has 1 heterocycles.